The summed E-state index contributed by atoms with van der Waals surface area (Å²) in [6.45, 7) is -0.00614. The third-order valence-corrected chi connectivity index (χ3v) is 3.54. The quantitative estimate of drug-likeness (QED) is 0.566. The number of aldehydes is 1. The van der Waals surface area contributed by atoms with Gasteiger partial charge in [0.15, 0.2) is 23.0 Å². The normalized spacial score (nSPS) is 12.0. The van der Waals surface area contributed by atoms with Crippen molar-refractivity contribution in [3.8, 4) is 23.0 Å². The van der Waals surface area contributed by atoms with Crippen molar-refractivity contribution in [2.75, 3.05) is 20.8 Å². The molecule has 6 heteroatoms. The molecule has 0 aliphatic carbocycles. The van der Waals surface area contributed by atoms with E-state index in [0.717, 1.165) is 5.56 Å². The van der Waals surface area contributed by atoms with Crippen LogP contribution in [0.3, 0.4) is 0 Å². The molecule has 0 radical (unpaired) electrons. The Kier molecular flexibility index (Phi) is 6.42. The van der Waals surface area contributed by atoms with E-state index in [0.29, 0.717) is 23.3 Å². The zero-order valence-electron chi connectivity index (χ0n) is 14.0. The van der Waals surface area contributed by atoms with E-state index in [2.05, 4.69) is 0 Å². The van der Waals surface area contributed by atoms with Gasteiger partial charge in [0.1, 0.15) is 19.0 Å². The van der Waals surface area contributed by atoms with Gasteiger partial charge in [0.05, 0.1) is 14.2 Å². The number of phenols is 1. The smallest absolute Gasteiger partial charge is 0.161 e. The van der Waals surface area contributed by atoms with Gasteiger partial charge in [-0.15, -0.1) is 0 Å². The van der Waals surface area contributed by atoms with Gasteiger partial charge in [-0.1, -0.05) is 18.2 Å². The lowest BCUT2D eigenvalue weighted by Crippen LogP contribution is -2.10. The fourth-order valence-electron chi connectivity index (χ4n) is 2.22. The van der Waals surface area contributed by atoms with Crippen LogP contribution in [0.2, 0.25) is 0 Å². The predicted octanol–water partition coefficient (Wildman–Crippen LogP) is 2.73. The Morgan fingerprint density at radius 3 is 2.48 bits per heavy atom. The van der Waals surface area contributed by atoms with E-state index in [4.69, 9.17) is 14.2 Å². The highest BCUT2D eigenvalue weighted by Crippen LogP contribution is 2.31. The number of benzene rings is 2. The van der Waals surface area contributed by atoms with E-state index in [1.165, 1.54) is 26.4 Å². The number of hydrogen-bond acceptors (Lipinski definition) is 6. The molecule has 6 nitrogen and oxygen atoms in total. The molecule has 2 N–H and O–H groups in total. The maximum Gasteiger partial charge on any atom is 0.161 e. The molecular weight excluding hydrogens is 324 g/mol. The first kappa shape index (κ1) is 18.4. The highest BCUT2D eigenvalue weighted by atomic mass is 16.5. The van der Waals surface area contributed by atoms with Crippen LogP contribution in [-0.4, -0.2) is 37.3 Å². The number of aliphatic hydroxyl groups excluding tert-OH is 1. The fraction of sp³-hybridized carbons (Fsp3) is 0.211. The molecule has 132 valence electrons. The first-order valence-electron chi connectivity index (χ1n) is 7.56. The summed E-state index contributed by atoms with van der Waals surface area (Å²) in [5.41, 5.74) is 1.35. The standard InChI is InChI=1S/C19H20O6/c1-23-18-11-14(6-7-15(18)21)16(22)12-25-17-8-5-13(4-3-9-20)10-19(17)24-2/h3-11,16,21-22H,12H2,1-2H3/b4-3+. The first-order chi connectivity index (χ1) is 12.1. The minimum absolute atomic E-state index is 0.00000488. The topological polar surface area (TPSA) is 85.2 Å². The monoisotopic (exact) mass is 344 g/mol. The van der Waals surface area contributed by atoms with Gasteiger partial charge in [-0.25, -0.2) is 0 Å². The second-order valence-electron chi connectivity index (χ2n) is 5.16. The van der Waals surface area contributed by atoms with Crippen molar-refractivity contribution in [3.63, 3.8) is 0 Å². The molecule has 0 aliphatic rings. The molecule has 2 rings (SSSR count). The lowest BCUT2D eigenvalue weighted by Gasteiger charge is -2.16. The number of allylic oxidation sites excluding steroid dienone is 1. The Balaban J connectivity index is 2.09. The molecule has 0 aromatic heterocycles. The van der Waals surface area contributed by atoms with E-state index in [-0.39, 0.29) is 18.1 Å². The van der Waals surface area contributed by atoms with Crippen molar-refractivity contribution in [1.29, 1.82) is 0 Å². The van der Waals surface area contributed by atoms with Gasteiger partial charge in [0, 0.05) is 0 Å². The SMILES string of the molecule is COc1cc(C(O)COc2ccc(/C=C/C=O)cc2OC)ccc1O. The lowest BCUT2D eigenvalue weighted by atomic mass is 10.1. The summed E-state index contributed by atoms with van der Waals surface area (Å²) in [4.78, 5) is 10.4. The molecule has 0 spiro atoms. The van der Waals surface area contributed by atoms with Crippen molar-refractivity contribution in [3.05, 3.63) is 53.6 Å². The molecule has 0 amide bonds. The zero-order chi connectivity index (χ0) is 18.2. The van der Waals surface area contributed by atoms with Gasteiger partial charge < -0.3 is 24.4 Å². The summed E-state index contributed by atoms with van der Waals surface area (Å²) in [5, 5.41) is 19.9. The van der Waals surface area contributed by atoms with Gasteiger partial charge in [-0.05, 0) is 41.5 Å². The van der Waals surface area contributed by atoms with Crippen LogP contribution in [0.5, 0.6) is 23.0 Å². The number of ether oxygens (including phenoxy) is 3. The molecule has 0 saturated carbocycles. The molecule has 0 fully saturated rings. The molecule has 0 heterocycles. The average Bonchev–Trinajstić information content (AvgIpc) is 2.64. The van der Waals surface area contributed by atoms with Crippen LogP contribution in [0.15, 0.2) is 42.5 Å². The summed E-state index contributed by atoms with van der Waals surface area (Å²) < 4.78 is 15.9. The lowest BCUT2D eigenvalue weighted by molar-refractivity contribution is -0.104. The number of carbonyl (C=O) groups is 1. The van der Waals surface area contributed by atoms with Crippen molar-refractivity contribution in [2.24, 2.45) is 0 Å². The van der Waals surface area contributed by atoms with E-state index < -0.39 is 6.10 Å². The summed E-state index contributed by atoms with van der Waals surface area (Å²) in [5.74, 6) is 1.24. The first-order valence-corrected chi connectivity index (χ1v) is 7.56. The van der Waals surface area contributed by atoms with Crippen molar-refractivity contribution < 1.29 is 29.2 Å². The highest BCUT2D eigenvalue weighted by molar-refractivity contribution is 5.74. The molecule has 2 aromatic carbocycles. The molecule has 2 aromatic rings. The Labute approximate surface area is 145 Å². The molecule has 0 saturated heterocycles. The molecule has 1 atom stereocenters. The number of carbonyl (C=O) groups excluding carboxylic acids is 1. The number of hydrogen-bond donors (Lipinski definition) is 2. The van der Waals surface area contributed by atoms with Gasteiger partial charge in [-0.3, -0.25) is 4.79 Å². The zero-order valence-corrected chi connectivity index (χ0v) is 14.0. The average molecular weight is 344 g/mol. The Morgan fingerprint density at radius 1 is 1.04 bits per heavy atom. The minimum atomic E-state index is -0.908. The van der Waals surface area contributed by atoms with Crippen LogP contribution in [0, 0.1) is 0 Å². The minimum Gasteiger partial charge on any atom is -0.504 e. The highest BCUT2D eigenvalue weighted by Gasteiger charge is 2.13. The van der Waals surface area contributed by atoms with Crippen LogP contribution < -0.4 is 14.2 Å². The summed E-state index contributed by atoms with van der Waals surface area (Å²) in [7, 11) is 2.95. The summed E-state index contributed by atoms with van der Waals surface area (Å²) in [6, 6.07) is 9.79. The number of phenolic OH excluding ortho intramolecular Hbond substituents is 1. The van der Waals surface area contributed by atoms with Crippen LogP contribution in [0.25, 0.3) is 6.08 Å². The second kappa shape index (κ2) is 8.75. The summed E-state index contributed by atoms with van der Waals surface area (Å²) in [6.07, 6.45) is 2.82. The number of methoxy groups -OCH3 is 2. The largest absolute Gasteiger partial charge is 0.504 e. The Morgan fingerprint density at radius 2 is 1.80 bits per heavy atom. The molecule has 25 heavy (non-hydrogen) atoms. The van der Waals surface area contributed by atoms with Crippen LogP contribution in [-0.2, 0) is 4.79 Å². The van der Waals surface area contributed by atoms with Crippen LogP contribution in [0.1, 0.15) is 17.2 Å². The maximum absolute atomic E-state index is 10.4. The Bertz CT molecular complexity index is 754. The number of aliphatic hydroxyl groups is 1. The third-order valence-electron chi connectivity index (χ3n) is 3.54. The van der Waals surface area contributed by atoms with Crippen molar-refractivity contribution in [2.45, 2.75) is 6.10 Å². The summed E-state index contributed by atoms with van der Waals surface area (Å²) >= 11 is 0. The Hall–Kier alpha value is -2.99. The van der Waals surface area contributed by atoms with E-state index in [1.54, 1.807) is 36.4 Å². The molecule has 1 unspecified atom stereocenters. The fourth-order valence-corrected chi connectivity index (χ4v) is 2.22. The molecule has 0 aliphatic heterocycles. The maximum atomic E-state index is 10.4. The van der Waals surface area contributed by atoms with Crippen molar-refractivity contribution >= 4 is 12.4 Å². The number of aromatic hydroxyl groups is 1. The number of rotatable bonds is 8. The van der Waals surface area contributed by atoms with E-state index >= 15 is 0 Å². The second-order valence-corrected chi connectivity index (χ2v) is 5.16. The molecule has 0 bridgehead atoms. The predicted molar refractivity (Wildman–Crippen MR) is 93.2 cm³/mol. The van der Waals surface area contributed by atoms with Gasteiger partial charge in [0.2, 0.25) is 0 Å². The van der Waals surface area contributed by atoms with E-state index in [9.17, 15) is 15.0 Å². The van der Waals surface area contributed by atoms with Gasteiger partial charge in [0.25, 0.3) is 0 Å². The van der Waals surface area contributed by atoms with Crippen LogP contribution in [0.4, 0.5) is 0 Å². The molecular formula is C19H20O6. The van der Waals surface area contributed by atoms with Gasteiger partial charge in [-0.2, -0.15) is 0 Å². The van der Waals surface area contributed by atoms with Crippen molar-refractivity contribution in [1.82, 2.24) is 0 Å². The van der Waals surface area contributed by atoms with Crippen LogP contribution >= 0.6 is 0 Å². The third kappa shape index (κ3) is 4.74. The van der Waals surface area contributed by atoms with Gasteiger partial charge >= 0.3 is 0 Å². The van der Waals surface area contributed by atoms with E-state index in [1.807, 2.05) is 0 Å².